The minimum atomic E-state index is -3.04. The number of carbonyl (C=O) groups excluding carboxylic acids is 1. The molecule has 1 saturated heterocycles. The zero-order valence-corrected chi connectivity index (χ0v) is 12.0. The van der Waals surface area contributed by atoms with Gasteiger partial charge in [0.25, 0.3) is 0 Å². The Morgan fingerprint density at radius 3 is 2.04 bits per heavy atom. The number of rotatable bonds is 7. The molecule has 0 amide bonds. The van der Waals surface area contributed by atoms with Crippen LogP contribution in [0.15, 0.2) is 0 Å². The van der Waals surface area contributed by atoms with Crippen LogP contribution in [-0.4, -0.2) is 120 Å². The maximum absolute atomic E-state index is 10.8. The summed E-state index contributed by atoms with van der Waals surface area (Å²) >= 11 is 0. The van der Waals surface area contributed by atoms with Crippen LogP contribution in [0.3, 0.4) is 0 Å². The van der Waals surface area contributed by atoms with Gasteiger partial charge >= 0.3 is 0 Å². The molecule has 0 aromatic heterocycles. The zero-order valence-electron chi connectivity index (χ0n) is 12.0. The lowest BCUT2D eigenvalue weighted by Gasteiger charge is -2.49. The molecule has 0 bridgehead atoms. The van der Waals surface area contributed by atoms with Crippen LogP contribution in [0.5, 0.6) is 0 Å². The van der Waals surface area contributed by atoms with Crippen molar-refractivity contribution in [3.63, 3.8) is 0 Å². The number of hydrogen-bond donors (Lipinski definition) is 9. The molecule has 11 nitrogen and oxygen atoms in total. The van der Waals surface area contributed by atoms with Crippen LogP contribution < -0.4 is 0 Å². The van der Waals surface area contributed by atoms with Crippen LogP contribution >= 0.6 is 0 Å². The molecule has 0 aromatic carbocycles. The Kier molecular flexibility index (Phi) is 6.97. The number of carbonyl (C=O) groups is 1. The van der Waals surface area contributed by atoms with Crippen molar-refractivity contribution >= 4 is 6.29 Å². The van der Waals surface area contributed by atoms with E-state index in [1.165, 1.54) is 0 Å². The molecule has 0 aliphatic carbocycles. The van der Waals surface area contributed by atoms with Gasteiger partial charge in [0.2, 0.25) is 0 Å². The van der Waals surface area contributed by atoms with E-state index in [4.69, 9.17) is 14.9 Å². The molecule has 1 heterocycles. The molecule has 0 spiro atoms. The van der Waals surface area contributed by atoms with E-state index >= 15 is 0 Å². The standard InChI is InChI=1S/C12H22O11/c13-1-4(16)10(21)12(22,6(17)3-15)11-9(20)8(19)7(18)5(2-14)23-11/h3-11,13-14,16-22H,1-2H2/t4-,5-,6+,7-,8+,9-,10+,11?,12-/m1/s1. The van der Waals surface area contributed by atoms with Crippen LogP contribution in [0.1, 0.15) is 0 Å². The Morgan fingerprint density at radius 2 is 1.61 bits per heavy atom. The van der Waals surface area contributed by atoms with Gasteiger partial charge in [0.05, 0.1) is 13.2 Å². The monoisotopic (exact) mass is 342 g/mol. The van der Waals surface area contributed by atoms with E-state index < -0.39 is 67.6 Å². The Bertz CT molecular complexity index is 391. The third-order valence-corrected chi connectivity index (χ3v) is 3.98. The summed E-state index contributed by atoms with van der Waals surface area (Å²) < 4.78 is 5.00. The highest BCUT2D eigenvalue weighted by molar-refractivity contribution is 5.59. The average Bonchev–Trinajstić information content (AvgIpc) is 2.56. The molecule has 9 N–H and O–H groups in total. The highest BCUT2D eigenvalue weighted by Crippen LogP contribution is 2.33. The first-order chi connectivity index (χ1) is 10.7. The van der Waals surface area contributed by atoms with Gasteiger partial charge in [-0.1, -0.05) is 0 Å². The summed E-state index contributed by atoms with van der Waals surface area (Å²) in [5.41, 5.74) is -3.04. The predicted octanol–water partition coefficient (Wildman–Crippen LogP) is -6.17. The molecule has 9 atom stereocenters. The summed E-state index contributed by atoms with van der Waals surface area (Å²) in [4.78, 5) is 10.8. The molecule has 1 fully saturated rings. The molecule has 0 saturated carbocycles. The second-order valence-electron chi connectivity index (χ2n) is 5.41. The maximum Gasteiger partial charge on any atom is 0.154 e. The van der Waals surface area contributed by atoms with Crippen LogP contribution in [0.4, 0.5) is 0 Å². The molecule has 1 aliphatic heterocycles. The second-order valence-corrected chi connectivity index (χ2v) is 5.41. The molecule has 11 heteroatoms. The van der Waals surface area contributed by atoms with E-state index in [0.717, 1.165) is 0 Å². The molecule has 0 radical (unpaired) electrons. The number of hydrogen-bond acceptors (Lipinski definition) is 11. The van der Waals surface area contributed by atoms with Crippen molar-refractivity contribution in [1.29, 1.82) is 0 Å². The minimum absolute atomic E-state index is 0.214. The summed E-state index contributed by atoms with van der Waals surface area (Å²) in [6, 6.07) is 0. The van der Waals surface area contributed by atoms with Gasteiger partial charge < -0.3 is 55.5 Å². The van der Waals surface area contributed by atoms with E-state index in [1.54, 1.807) is 0 Å². The maximum atomic E-state index is 10.8. The molecule has 136 valence electrons. The van der Waals surface area contributed by atoms with Gasteiger partial charge in [0.15, 0.2) is 11.9 Å². The highest BCUT2D eigenvalue weighted by atomic mass is 16.6. The molecule has 0 aromatic rings. The van der Waals surface area contributed by atoms with Gasteiger partial charge in [0, 0.05) is 0 Å². The summed E-state index contributed by atoms with van der Waals surface area (Å²) in [5, 5.41) is 86.9. The molecular weight excluding hydrogens is 320 g/mol. The van der Waals surface area contributed by atoms with Crippen molar-refractivity contribution in [2.75, 3.05) is 13.2 Å². The van der Waals surface area contributed by atoms with Crippen molar-refractivity contribution in [2.45, 2.75) is 54.4 Å². The van der Waals surface area contributed by atoms with Gasteiger partial charge in [-0.2, -0.15) is 0 Å². The Labute approximate surface area is 130 Å². The van der Waals surface area contributed by atoms with Crippen LogP contribution in [0, 0.1) is 0 Å². The smallest absolute Gasteiger partial charge is 0.154 e. The molecule has 1 unspecified atom stereocenters. The van der Waals surface area contributed by atoms with Gasteiger partial charge in [-0.3, -0.25) is 0 Å². The zero-order chi connectivity index (χ0) is 17.9. The van der Waals surface area contributed by atoms with Crippen LogP contribution in [-0.2, 0) is 9.53 Å². The molecular formula is C12H22O11. The topological polar surface area (TPSA) is 208 Å². The first-order valence-electron chi connectivity index (χ1n) is 6.79. The summed E-state index contributed by atoms with van der Waals surface area (Å²) in [7, 11) is 0. The molecule has 23 heavy (non-hydrogen) atoms. The Morgan fingerprint density at radius 1 is 1.04 bits per heavy atom. The van der Waals surface area contributed by atoms with E-state index in [9.17, 15) is 40.5 Å². The SMILES string of the molecule is O=C[C@H](O)[C@](O)(C1O[C@H](CO)[C@@H](O)[C@H](O)[C@H]1O)[C@@H](O)[C@H](O)CO. The van der Waals surface area contributed by atoms with E-state index in [2.05, 4.69) is 0 Å². The fraction of sp³-hybridized carbons (Fsp3) is 0.917. The van der Waals surface area contributed by atoms with Gasteiger partial charge in [-0.15, -0.1) is 0 Å². The van der Waals surface area contributed by atoms with Gasteiger partial charge in [0.1, 0.15) is 48.8 Å². The average molecular weight is 342 g/mol. The summed E-state index contributed by atoms with van der Waals surface area (Å²) in [6.07, 6.45) is -16.4. The normalized spacial score (nSPS) is 38.4. The van der Waals surface area contributed by atoms with Crippen LogP contribution in [0.25, 0.3) is 0 Å². The van der Waals surface area contributed by atoms with Gasteiger partial charge in [-0.25, -0.2) is 0 Å². The number of ether oxygens (including phenoxy) is 1. The molecule has 1 aliphatic rings. The number of aliphatic hydroxyl groups excluding tert-OH is 8. The number of aliphatic hydroxyl groups is 9. The fourth-order valence-electron chi connectivity index (χ4n) is 2.51. The first kappa shape index (κ1) is 20.3. The van der Waals surface area contributed by atoms with Crippen molar-refractivity contribution < 1.29 is 55.5 Å². The number of aldehydes is 1. The van der Waals surface area contributed by atoms with E-state index in [0.29, 0.717) is 0 Å². The predicted molar refractivity (Wildman–Crippen MR) is 69.9 cm³/mol. The van der Waals surface area contributed by atoms with Gasteiger partial charge in [-0.05, 0) is 0 Å². The second kappa shape index (κ2) is 7.90. The third-order valence-electron chi connectivity index (χ3n) is 3.98. The quantitative estimate of drug-likeness (QED) is 0.199. The van der Waals surface area contributed by atoms with Crippen molar-refractivity contribution in [2.24, 2.45) is 0 Å². The first-order valence-corrected chi connectivity index (χ1v) is 6.79. The van der Waals surface area contributed by atoms with Crippen molar-refractivity contribution in [3.8, 4) is 0 Å². The highest BCUT2D eigenvalue weighted by Gasteiger charge is 2.59. The van der Waals surface area contributed by atoms with E-state index in [-0.39, 0.29) is 6.29 Å². The Hall–Kier alpha value is -0.730. The third kappa shape index (κ3) is 3.53. The summed E-state index contributed by atoms with van der Waals surface area (Å²) in [6.45, 7) is -1.92. The largest absolute Gasteiger partial charge is 0.394 e. The van der Waals surface area contributed by atoms with Crippen LogP contribution in [0.2, 0.25) is 0 Å². The fourth-order valence-corrected chi connectivity index (χ4v) is 2.51. The van der Waals surface area contributed by atoms with E-state index in [1.807, 2.05) is 0 Å². The molecule has 1 rings (SSSR count). The lowest BCUT2D eigenvalue weighted by atomic mass is 9.76. The Balaban J connectivity index is 3.27. The lowest BCUT2D eigenvalue weighted by molar-refractivity contribution is -0.305. The van der Waals surface area contributed by atoms with Crippen molar-refractivity contribution in [1.82, 2.24) is 0 Å². The minimum Gasteiger partial charge on any atom is -0.394 e. The lowest BCUT2D eigenvalue weighted by Crippen LogP contribution is -2.73. The summed E-state index contributed by atoms with van der Waals surface area (Å²) in [5.74, 6) is 0. The van der Waals surface area contributed by atoms with Crippen molar-refractivity contribution in [3.05, 3.63) is 0 Å².